The third-order valence-electron chi connectivity index (χ3n) is 1.85. The molecule has 16 heavy (non-hydrogen) atoms. The van der Waals surface area contributed by atoms with Gasteiger partial charge in [0.25, 0.3) is 0 Å². The quantitative estimate of drug-likeness (QED) is 0.355. The third-order valence-corrected chi connectivity index (χ3v) is 2.56. The van der Waals surface area contributed by atoms with E-state index in [1.807, 2.05) is 0 Å². The Morgan fingerprint density at radius 3 is 2.06 bits per heavy atom. The van der Waals surface area contributed by atoms with Crippen LogP contribution in [0.2, 0.25) is 6.04 Å². The van der Waals surface area contributed by atoms with Crippen LogP contribution < -0.4 is 0 Å². The first kappa shape index (κ1) is 17.7. The van der Waals surface area contributed by atoms with Crippen molar-refractivity contribution in [2.45, 2.75) is 38.0 Å². The smallest absolute Gasteiger partial charge is 0.330 e. The number of carboxylic acid groups (broad SMARTS) is 1. The van der Waals surface area contributed by atoms with Crippen LogP contribution in [0.15, 0.2) is 12.2 Å². The average molecular weight is 250 g/mol. The number of hydrogen-bond donors (Lipinski definition) is 4. The number of rotatable bonds is 6. The standard InChI is InChI=1S/C6H16O3Si.C4H6O2/c7-4-6(9)5(8)2-1-3-10;1-3(2)4(5)6/h5-9H,1-4H2,10H3;1H2,2H3,(H,5,6). The van der Waals surface area contributed by atoms with Gasteiger partial charge in [-0.25, -0.2) is 4.79 Å². The van der Waals surface area contributed by atoms with Crippen LogP contribution in [-0.4, -0.2) is 55.5 Å². The van der Waals surface area contributed by atoms with Gasteiger partial charge >= 0.3 is 5.97 Å². The molecule has 6 heteroatoms. The van der Waals surface area contributed by atoms with E-state index >= 15 is 0 Å². The van der Waals surface area contributed by atoms with Crippen molar-refractivity contribution in [1.29, 1.82) is 0 Å². The lowest BCUT2D eigenvalue weighted by Crippen LogP contribution is -2.28. The summed E-state index contributed by atoms with van der Waals surface area (Å²) in [5, 5.41) is 34.2. The predicted octanol–water partition coefficient (Wildman–Crippen LogP) is -1.09. The first-order valence-corrected chi connectivity index (χ1v) is 6.64. The molecule has 0 amide bonds. The summed E-state index contributed by atoms with van der Waals surface area (Å²) in [7, 11) is 1.14. The zero-order chi connectivity index (χ0) is 13.1. The Labute approximate surface area is 98.8 Å². The molecule has 0 radical (unpaired) electrons. The molecule has 0 saturated carbocycles. The van der Waals surface area contributed by atoms with Crippen LogP contribution in [0.5, 0.6) is 0 Å². The fourth-order valence-electron chi connectivity index (χ4n) is 0.727. The van der Waals surface area contributed by atoms with E-state index in [2.05, 4.69) is 6.58 Å². The molecule has 0 bridgehead atoms. The van der Waals surface area contributed by atoms with Crippen molar-refractivity contribution in [3.63, 3.8) is 0 Å². The van der Waals surface area contributed by atoms with Gasteiger partial charge in [-0.1, -0.05) is 19.0 Å². The Hall–Kier alpha value is -0.693. The van der Waals surface area contributed by atoms with Gasteiger partial charge < -0.3 is 20.4 Å². The second kappa shape index (κ2) is 10.8. The minimum absolute atomic E-state index is 0.176. The van der Waals surface area contributed by atoms with E-state index in [0.29, 0.717) is 6.42 Å². The van der Waals surface area contributed by atoms with E-state index in [1.54, 1.807) is 0 Å². The van der Waals surface area contributed by atoms with Crippen molar-refractivity contribution < 1.29 is 25.2 Å². The van der Waals surface area contributed by atoms with Crippen molar-refractivity contribution in [3.05, 3.63) is 12.2 Å². The SMILES string of the molecule is C=C(C)C(=O)O.OCC(O)C(O)CCC[SiH3]. The van der Waals surface area contributed by atoms with E-state index in [0.717, 1.165) is 22.7 Å². The summed E-state index contributed by atoms with van der Waals surface area (Å²) in [5.41, 5.74) is 0.176. The maximum atomic E-state index is 9.60. The predicted molar refractivity (Wildman–Crippen MR) is 65.5 cm³/mol. The zero-order valence-corrected chi connectivity index (χ0v) is 11.9. The van der Waals surface area contributed by atoms with Gasteiger partial charge in [-0.3, -0.25) is 0 Å². The highest BCUT2D eigenvalue weighted by Crippen LogP contribution is 2.03. The summed E-state index contributed by atoms with van der Waals surface area (Å²) >= 11 is 0. The highest BCUT2D eigenvalue weighted by Gasteiger charge is 2.13. The van der Waals surface area contributed by atoms with Crippen LogP contribution in [0.1, 0.15) is 19.8 Å². The third kappa shape index (κ3) is 11.4. The monoisotopic (exact) mass is 250 g/mol. The number of carboxylic acids is 1. The molecule has 0 aliphatic heterocycles. The van der Waals surface area contributed by atoms with Gasteiger partial charge in [0.05, 0.1) is 12.7 Å². The molecule has 96 valence electrons. The van der Waals surface area contributed by atoms with E-state index in [-0.39, 0.29) is 12.2 Å². The summed E-state index contributed by atoms with van der Waals surface area (Å²) < 4.78 is 0. The van der Waals surface area contributed by atoms with Gasteiger partial charge in [-0.15, -0.1) is 0 Å². The minimum Gasteiger partial charge on any atom is -0.478 e. The van der Waals surface area contributed by atoms with Gasteiger partial charge in [-0.05, 0) is 13.3 Å². The lowest BCUT2D eigenvalue weighted by Gasteiger charge is -2.14. The summed E-state index contributed by atoms with van der Waals surface area (Å²) in [6.07, 6.45) is -0.137. The highest BCUT2D eigenvalue weighted by molar-refractivity contribution is 6.08. The van der Waals surface area contributed by atoms with Crippen LogP contribution in [0, 0.1) is 0 Å². The molecule has 2 unspecified atom stereocenters. The Kier molecular flexibility index (Phi) is 12.0. The maximum Gasteiger partial charge on any atom is 0.330 e. The molecule has 0 aromatic heterocycles. The first-order valence-electron chi connectivity index (χ1n) is 5.22. The van der Waals surface area contributed by atoms with Gasteiger partial charge in [0.15, 0.2) is 0 Å². The van der Waals surface area contributed by atoms with Crippen LogP contribution >= 0.6 is 0 Å². The van der Waals surface area contributed by atoms with E-state index in [1.165, 1.54) is 6.92 Å². The van der Waals surface area contributed by atoms with Crippen LogP contribution in [0.4, 0.5) is 0 Å². The molecule has 0 aliphatic rings. The van der Waals surface area contributed by atoms with Gasteiger partial charge in [0.1, 0.15) is 6.10 Å². The molecule has 4 N–H and O–H groups in total. The number of carbonyl (C=O) groups is 1. The number of aliphatic carboxylic acids is 1. The molecule has 5 nitrogen and oxygen atoms in total. The molecule has 0 fully saturated rings. The maximum absolute atomic E-state index is 9.60. The van der Waals surface area contributed by atoms with Crippen molar-refractivity contribution in [2.24, 2.45) is 0 Å². The van der Waals surface area contributed by atoms with Gasteiger partial charge in [0, 0.05) is 15.8 Å². The summed E-state index contributed by atoms with van der Waals surface area (Å²) in [6, 6.07) is 1.13. The second-order valence-electron chi connectivity index (χ2n) is 3.54. The Morgan fingerprint density at radius 2 is 1.81 bits per heavy atom. The minimum atomic E-state index is -0.951. The lowest BCUT2D eigenvalue weighted by molar-refractivity contribution is -0.132. The summed E-state index contributed by atoms with van der Waals surface area (Å²) in [5.74, 6) is -0.935. The molecule has 2 atom stereocenters. The molecule has 0 aromatic rings. The van der Waals surface area contributed by atoms with Crippen molar-refractivity contribution in [2.75, 3.05) is 6.61 Å². The molecule has 0 heterocycles. The number of hydrogen-bond acceptors (Lipinski definition) is 4. The number of aliphatic hydroxyl groups is 3. The largest absolute Gasteiger partial charge is 0.478 e. The van der Waals surface area contributed by atoms with Crippen molar-refractivity contribution in [1.82, 2.24) is 0 Å². The summed E-state index contributed by atoms with van der Waals surface area (Å²) in [4.78, 5) is 9.60. The van der Waals surface area contributed by atoms with Crippen LogP contribution in [-0.2, 0) is 4.79 Å². The van der Waals surface area contributed by atoms with E-state index < -0.39 is 18.2 Å². The second-order valence-corrected chi connectivity index (χ2v) is 4.54. The Balaban J connectivity index is 0. The molecule has 0 rings (SSSR count). The van der Waals surface area contributed by atoms with Crippen LogP contribution in [0.3, 0.4) is 0 Å². The fourth-order valence-corrected chi connectivity index (χ4v) is 1.14. The van der Waals surface area contributed by atoms with E-state index in [9.17, 15) is 4.79 Å². The highest BCUT2D eigenvalue weighted by atomic mass is 28.1. The first-order chi connectivity index (χ1) is 7.36. The van der Waals surface area contributed by atoms with Gasteiger partial charge in [0.2, 0.25) is 0 Å². The average Bonchev–Trinajstić information content (AvgIpc) is 2.25. The Morgan fingerprint density at radius 1 is 1.38 bits per heavy atom. The molecular weight excluding hydrogens is 228 g/mol. The van der Waals surface area contributed by atoms with Crippen LogP contribution in [0.25, 0.3) is 0 Å². The lowest BCUT2D eigenvalue weighted by atomic mass is 10.1. The topological polar surface area (TPSA) is 98.0 Å². The molecule has 0 spiro atoms. The van der Waals surface area contributed by atoms with Crippen molar-refractivity contribution in [3.8, 4) is 0 Å². The summed E-state index contributed by atoms with van der Waals surface area (Å²) in [6.45, 7) is 4.26. The van der Waals surface area contributed by atoms with Gasteiger partial charge in [-0.2, -0.15) is 0 Å². The normalized spacial score (nSPS) is 13.5. The Bertz CT molecular complexity index is 195. The molecular formula is C10H22O5Si. The zero-order valence-electron chi connectivity index (χ0n) is 9.89. The van der Waals surface area contributed by atoms with E-state index in [4.69, 9.17) is 20.4 Å². The molecule has 0 saturated heterocycles. The van der Waals surface area contributed by atoms with Crippen molar-refractivity contribution >= 4 is 16.2 Å². The number of aliphatic hydroxyl groups excluding tert-OH is 3. The molecule has 0 aromatic carbocycles. The fraction of sp³-hybridized carbons (Fsp3) is 0.700. The molecule has 0 aliphatic carbocycles.